The van der Waals surface area contributed by atoms with Crippen molar-refractivity contribution in [2.75, 3.05) is 0 Å². The van der Waals surface area contributed by atoms with Gasteiger partial charge in [-0.05, 0) is 24.5 Å². The minimum Gasteiger partial charge on any atom is -0.336 e. The lowest BCUT2D eigenvalue weighted by Gasteiger charge is -2.38. The van der Waals surface area contributed by atoms with Gasteiger partial charge in [0.05, 0.1) is 0 Å². The van der Waals surface area contributed by atoms with Gasteiger partial charge in [-0.2, -0.15) is 0 Å². The number of rotatable bonds is 5. The Labute approximate surface area is 138 Å². The molecule has 1 N–H and O–H groups in total. The fraction of sp³-hybridized carbons (Fsp3) is 0.350. The molecule has 2 aromatic rings. The van der Waals surface area contributed by atoms with Crippen LogP contribution in [0.15, 0.2) is 60.7 Å². The number of nitrogens with one attached hydrogen (secondary N) is 1. The fourth-order valence-electron chi connectivity index (χ4n) is 3.23. The van der Waals surface area contributed by atoms with E-state index in [-0.39, 0.29) is 18.0 Å². The van der Waals surface area contributed by atoms with Crippen LogP contribution < -0.4 is 5.32 Å². The number of hydrogen-bond acceptors (Lipinski definition) is 2. The standard InChI is InChI=1S/C20H24N2O/c1-16-12-19(21-14-17-8-4-2-5-9-17)13-20(23)22(16)15-18-10-6-3-7-11-18/h2-11,16,19,21H,12-15H2,1H3/t16-,19-/m1/s1. The Morgan fingerprint density at radius 3 is 2.22 bits per heavy atom. The van der Waals surface area contributed by atoms with E-state index in [4.69, 9.17) is 0 Å². The highest BCUT2D eigenvalue weighted by atomic mass is 16.2. The number of piperidine rings is 1. The van der Waals surface area contributed by atoms with E-state index in [1.54, 1.807) is 0 Å². The highest BCUT2D eigenvalue weighted by Crippen LogP contribution is 2.21. The molecule has 3 rings (SSSR count). The molecule has 0 unspecified atom stereocenters. The number of hydrogen-bond donors (Lipinski definition) is 1. The van der Waals surface area contributed by atoms with Crippen molar-refractivity contribution in [2.24, 2.45) is 0 Å². The van der Waals surface area contributed by atoms with Crippen LogP contribution >= 0.6 is 0 Å². The first-order chi connectivity index (χ1) is 11.2. The van der Waals surface area contributed by atoms with Gasteiger partial charge in [0.2, 0.25) is 5.91 Å². The van der Waals surface area contributed by atoms with Crippen LogP contribution in [0, 0.1) is 0 Å². The van der Waals surface area contributed by atoms with Crippen LogP contribution in [-0.4, -0.2) is 22.9 Å². The smallest absolute Gasteiger partial charge is 0.224 e. The van der Waals surface area contributed by atoms with Gasteiger partial charge < -0.3 is 10.2 Å². The second-order valence-electron chi connectivity index (χ2n) is 6.36. The molecule has 0 bridgehead atoms. The van der Waals surface area contributed by atoms with Crippen molar-refractivity contribution in [1.82, 2.24) is 10.2 Å². The van der Waals surface area contributed by atoms with Gasteiger partial charge in [0.1, 0.15) is 0 Å². The van der Waals surface area contributed by atoms with Gasteiger partial charge in [0, 0.05) is 31.6 Å². The van der Waals surface area contributed by atoms with Crippen molar-refractivity contribution in [2.45, 2.75) is 44.9 Å². The maximum Gasteiger partial charge on any atom is 0.224 e. The number of amides is 1. The van der Waals surface area contributed by atoms with E-state index in [2.05, 4.69) is 36.5 Å². The van der Waals surface area contributed by atoms with E-state index in [0.717, 1.165) is 13.0 Å². The van der Waals surface area contributed by atoms with E-state index in [9.17, 15) is 4.79 Å². The lowest BCUT2D eigenvalue weighted by molar-refractivity contribution is -0.137. The summed E-state index contributed by atoms with van der Waals surface area (Å²) in [4.78, 5) is 14.5. The van der Waals surface area contributed by atoms with E-state index >= 15 is 0 Å². The fourth-order valence-corrected chi connectivity index (χ4v) is 3.23. The SMILES string of the molecule is C[C@@H]1C[C@@H](NCc2ccccc2)CC(=O)N1Cc1ccccc1. The van der Waals surface area contributed by atoms with Gasteiger partial charge in [-0.15, -0.1) is 0 Å². The molecule has 0 aromatic heterocycles. The monoisotopic (exact) mass is 308 g/mol. The molecule has 23 heavy (non-hydrogen) atoms. The van der Waals surface area contributed by atoms with Gasteiger partial charge in [0.25, 0.3) is 0 Å². The Hall–Kier alpha value is -2.13. The van der Waals surface area contributed by atoms with Crippen LogP contribution in [0.1, 0.15) is 30.9 Å². The zero-order valence-corrected chi connectivity index (χ0v) is 13.6. The van der Waals surface area contributed by atoms with Crippen LogP contribution in [0.3, 0.4) is 0 Å². The average Bonchev–Trinajstić information content (AvgIpc) is 2.58. The van der Waals surface area contributed by atoms with Gasteiger partial charge in [-0.25, -0.2) is 0 Å². The molecule has 1 heterocycles. The molecule has 1 fully saturated rings. The quantitative estimate of drug-likeness (QED) is 0.918. The summed E-state index contributed by atoms with van der Waals surface area (Å²) in [5.74, 6) is 0.248. The Balaban J connectivity index is 1.55. The van der Waals surface area contributed by atoms with E-state index < -0.39 is 0 Å². The minimum atomic E-state index is 0.248. The maximum absolute atomic E-state index is 12.5. The van der Waals surface area contributed by atoms with Gasteiger partial charge in [0.15, 0.2) is 0 Å². The summed E-state index contributed by atoms with van der Waals surface area (Å²) >= 11 is 0. The number of likely N-dealkylation sites (tertiary alicyclic amines) is 1. The van der Waals surface area contributed by atoms with Gasteiger partial charge in [-0.3, -0.25) is 4.79 Å². The average molecular weight is 308 g/mol. The van der Waals surface area contributed by atoms with Crippen molar-refractivity contribution in [3.8, 4) is 0 Å². The predicted molar refractivity (Wildman–Crippen MR) is 92.8 cm³/mol. The lowest BCUT2D eigenvalue weighted by Crippen LogP contribution is -2.50. The number of carbonyl (C=O) groups excluding carboxylic acids is 1. The first-order valence-electron chi connectivity index (χ1n) is 8.33. The molecule has 0 aliphatic carbocycles. The summed E-state index contributed by atoms with van der Waals surface area (Å²) in [6.07, 6.45) is 1.59. The Morgan fingerprint density at radius 2 is 1.61 bits per heavy atom. The zero-order valence-electron chi connectivity index (χ0n) is 13.6. The normalized spacial score (nSPS) is 21.4. The molecule has 120 valence electrons. The number of benzene rings is 2. The Bertz CT molecular complexity index is 627. The summed E-state index contributed by atoms with van der Waals surface area (Å²) in [5.41, 5.74) is 2.46. The Morgan fingerprint density at radius 1 is 1.00 bits per heavy atom. The molecular formula is C20H24N2O. The Kier molecular flexibility index (Phi) is 5.09. The van der Waals surface area contributed by atoms with Gasteiger partial charge in [-0.1, -0.05) is 60.7 Å². The molecule has 2 atom stereocenters. The molecule has 1 aliphatic rings. The highest BCUT2D eigenvalue weighted by Gasteiger charge is 2.30. The molecule has 1 saturated heterocycles. The van der Waals surface area contributed by atoms with E-state index in [0.29, 0.717) is 13.0 Å². The van der Waals surface area contributed by atoms with Crippen LogP contribution in [0.2, 0.25) is 0 Å². The van der Waals surface area contributed by atoms with Crippen molar-refractivity contribution in [1.29, 1.82) is 0 Å². The number of nitrogens with zero attached hydrogens (tertiary/aromatic N) is 1. The molecule has 1 aliphatic heterocycles. The third-order valence-electron chi connectivity index (χ3n) is 4.53. The first-order valence-corrected chi connectivity index (χ1v) is 8.33. The van der Waals surface area contributed by atoms with E-state index in [1.807, 2.05) is 41.3 Å². The lowest BCUT2D eigenvalue weighted by atomic mass is 9.96. The molecule has 0 saturated carbocycles. The van der Waals surface area contributed by atoms with Crippen molar-refractivity contribution < 1.29 is 4.79 Å². The van der Waals surface area contributed by atoms with Crippen LogP contribution in [-0.2, 0) is 17.9 Å². The summed E-state index contributed by atoms with van der Waals surface area (Å²) in [5, 5.41) is 3.54. The van der Waals surface area contributed by atoms with Crippen LogP contribution in [0.4, 0.5) is 0 Å². The number of carbonyl (C=O) groups is 1. The van der Waals surface area contributed by atoms with Crippen molar-refractivity contribution in [3.05, 3.63) is 71.8 Å². The second kappa shape index (κ2) is 7.42. The second-order valence-corrected chi connectivity index (χ2v) is 6.36. The third-order valence-corrected chi connectivity index (χ3v) is 4.53. The molecule has 3 nitrogen and oxygen atoms in total. The zero-order chi connectivity index (χ0) is 16.1. The minimum absolute atomic E-state index is 0.248. The molecule has 0 radical (unpaired) electrons. The summed E-state index contributed by atoms with van der Waals surface area (Å²) < 4.78 is 0. The third kappa shape index (κ3) is 4.20. The van der Waals surface area contributed by atoms with Gasteiger partial charge >= 0.3 is 0 Å². The van der Waals surface area contributed by atoms with Crippen LogP contribution in [0.5, 0.6) is 0 Å². The van der Waals surface area contributed by atoms with Crippen LogP contribution in [0.25, 0.3) is 0 Å². The topological polar surface area (TPSA) is 32.3 Å². The largest absolute Gasteiger partial charge is 0.336 e. The van der Waals surface area contributed by atoms with Crippen molar-refractivity contribution >= 4 is 5.91 Å². The first kappa shape index (κ1) is 15.8. The molecule has 0 spiro atoms. The summed E-state index contributed by atoms with van der Waals surface area (Å²) in [6, 6.07) is 21.1. The molecular weight excluding hydrogens is 284 g/mol. The molecule has 1 amide bonds. The molecule has 3 heteroatoms. The molecule has 2 aromatic carbocycles. The van der Waals surface area contributed by atoms with Crippen molar-refractivity contribution in [3.63, 3.8) is 0 Å². The van der Waals surface area contributed by atoms with E-state index in [1.165, 1.54) is 11.1 Å². The maximum atomic E-state index is 12.5. The predicted octanol–water partition coefficient (Wildman–Crippen LogP) is 3.36. The summed E-state index contributed by atoms with van der Waals surface area (Å²) in [6.45, 7) is 3.69. The highest BCUT2D eigenvalue weighted by molar-refractivity contribution is 5.78. The summed E-state index contributed by atoms with van der Waals surface area (Å²) in [7, 11) is 0.